The first-order chi connectivity index (χ1) is 11.0. The number of methoxy groups -OCH3 is 1. The zero-order valence-electron chi connectivity index (χ0n) is 14.8. The molecule has 0 spiro atoms. The van der Waals surface area contributed by atoms with Gasteiger partial charge < -0.3 is 4.74 Å². The minimum Gasteiger partial charge on any atom is -0.464 e. The third-order valence-electron chi connectivity index (χ3n) is 5.57. The molecule has 0 bridgehead atoms. The zero-order chi connectivity index (χ0) is 16.6. The molecule has 2 aliphatic rings. The van der Waals surface area contributed by atoms with Gasteiger partial charge in [0.1, 0.15) is 5.69 Å². The van der Waals surface area contributed by atoms with Crippen LogP contribution < -0.4 is 0 Å². The van der Waals surface area contributed by atoms with E-state index in [1.807, 2.05) is 6.07 Å². The highest BCUT2D eigenvalue weighted by molar-refractivity contribution is 5.87. The molecule has 3 atom stereocenters. The first-order valence-corrected chi connectivity index (χ1v) is 8.87. The van der Waals surface area contributed by atoms with E-state index >= 15 is 0 Å². The van der Waals surface area contributed by atoms with E-state index < -0.39 is 0 Å². The van der Waals surface area contributed by atoms with Crippen LogP contribution in [0.2, 0.25) is 0 Å². The van der Waals surface area contributed by atoms with Crippen molar-refractivity contribution in [3.63, 3.8) is 0 Å². The van der Waals surface area contributed by atoms with Crippen LogP contribution in [0.3, 0.4) is 0 Å². The van der Waals surface area contributed by atoms with Crippen molar-refractivity contribution >= 4 is 5.97 Å². The maximum absolute atomic E-state index is 12.0. The van der Waals surface area contributed by atoms with E-state index in [4.69, 9.17) is 4.74 Å². The van der Waals surface area contributed by atoms with E-state index in [9.17, 15) is 4.79 Å². The number of fused-ring (bicyclic) bond motifs is 1. The van der Waals surface area contributed by atoms with E-state index in [2.05, 4.69) is 30.7 Å². The number of hydrogen-bond donors (Lipinski definition) is 0. The summed E-state index contributed by atoms with van der Waals surface area (Å²) in [5, 5.41) is 0. The second-order valence-corrected chi connectivity index (χ2v) is 7.31. The highest BCUT2D eigenvalue weighted by atomic mass is 16.5. The number of hydrogen-bond acceptors (Lipinski definition) is 4. The average Bonchev–Trinajstić information content (AvgIpc) is 2.94. The Morgan fingerprint density at radius 3 is 2.87 bits per heavy atom. The van der Waals surface area contributed by atoms with Gasteiger partial charge in [-0.2, -0.15) is 0 Å². The van der Waals surface area contributed by atoms with Crippen molar-refractivity contribution in [1.29, 1.82) is 0 Å². The van der Waals surface area contributed by atoms with Gasteiger partial charge in [-0.15, -0.1) is 0 Å². The smallest absolute Gasteiger partial charge is 0.356 e. The molecule has 1 aromatic rings. The summed E-state index contributed by atoms with van der Waals surface area (Å²) < 4.78 is 4.91. The molecule has 2 heterocycles. The number of aromatic nitrogens is 1. The van der Waals surface area contributed by atoms with Crippen molar-refractivity contribution in [2.75, 3.05) is 20.2 Å². The summed E-state index contributed by atoms with van der Waals surface area (Å²) in [6.45, 7) is 9.10. The van der Waals surface area contributed by atoms with Crippen LogP contribution in [-0.4, -0.2) is 36.1 Å². The highest BCUT2D eigenvalue weighted by Crippen LogP contribution is 2.38. The lowest BCUT2D eigenvalue weighted by Crippen LogP contribution is -2.36. The Labute approximate surface area is 139 Å². The van der Waals surface area contributed by atoms with Crippen LogP contribution in [-0.2, 0) is 11.2 Å². The molecular weight excluding hydrogens is 288 g/mol. The third-order valence-corrected chi connectivity index (χ3v) is 5.57. The first-order valence-electron chi connectivity index (χ1n) is 8.87. The molecule has 3 rings (SSSR count). The van der Waals surface area contributed by atoms with Crippen molar-refractivity contribution in [3.8, 4) is 0 Å². The molecule has 0 radical (unpaired) electrons. The predicted octanol–water partition coefficient (Wildman–Crippen LogP) is 3.71. The van der Waals surface area contributed by atoms with Crippen LogP contribution in [0.5, 0.6) is 0 Å². The Kier molecular flexibility index (Phi) is 4.72. The van der Waals surface area contributed by atoms with Crippen LogP contribution in [0.25, 0.3) is 0 Å². The van der Waals surface area contributed by atoms with Crippen molar-refractivity contribution in [1.82, 2.24) is 9.88 Å². The predicted molar refractivity (Wildman–Crippen MR) is 90.7 cm³/mol. The first kappa shape index (κ1) is 16.4. The van der Waals surface area contributed by atoms with Gasteiger partial charge >= 0.3 is 5.97 Å². The lowest BCUT2D eigenvalue weighted by molar-refractivity contribution is 0.0593. The van der Waals surface area contributed by atoms with Crippen LogP contribution in [0, 0.1) is 5.92 Å². The lowest BCUT2D eigenvalue weighted by atomic mass is 9.94. The summed E-state index contributed by atoms with van der Waals surface area (Å²) in [4.78, 5) is 19.2. The number of esters is 1. The summed E-state index contributed by atoms with van der Waals surface area (Å²) in [6, 6.07) is 2.32. The number of carbonyl (C=O) groups excluding carboxylic acids is 1. The number of likely N-dealkylation sites (tertiary alicyclic amines) is 1. The molecule has 4 nitrogen and oxygen atoms in total. The van der Waals surface area contributed by atoms with Gasteiger partial charge in [-0.05, 0) is 68.2 Å². The van der Waals surface area contributed by atoms with Crippen molar-refractivity contribution in [2.24, 2.45) is 5.92 Å². The number of ether oxygens (including phenoxy) is 1. The number of rotatable bonds is 3. The number of pyridine rings is 1. The van der Waals surface area contributed by atoms with Crippen molar-refractivity contribution in [3.05, 3.63) is 28.6 Å². The van der Waals surface area contributed by atoms with E-state index in [0.717, 1.165) is 37.5 Å². The quantitative estimate of drug-likeness (QED) is 0.797. The fraction of sp³-hybridized carbons (Fsp3) is 0.684. The molecule has 0 N–H and O–H groups in total. The Morgan fingerprint density at radius 2 is 2.17 bits per heavy atom. The maximum Gasteiger partial charge on any atom is 0.356 e. The Bertz CT molecular complexity index is 599. The van der Waals surface area contributed by atoms with E-state index in [0.29, 0.717) is 17.7 Å². The second kappa shape index (κ2) is 6.60. The minimum absolute atomic E-state index is 0.327. The second-order valence-electron chi connectivity index (χ2n) is 7.31. The number of nitrogens with zero attached hydrogens (tertiary/aromatic N) is 2. The van der Waals surface area contributed by atoms with Gasteiger partial charge in [0.05, 0.1) is 7.11 Å². The van der Waals surface area contributed by atoms with Gasteiger partial charge in [0.2, 0.25) is 0 Å². The topological polar surface area (TPSA) is 42.4 Å². The molecule has 23 heavy (non-hydrogen) atoms. The van der Waals surface area contributed by atoms with Gasteiger partial charge in [0.25, 0.3) is 0 Å². The minimum atomic E-state index is -0.327. The van der Waals surface area contributed by atoms with Crippen LogP contribution in [0.15, 0.2) is 6.07 Å². The molecule has 0 aromatic carbocycles. The molecule has 1 saturated heterocycles. The van der Waals surface area contributed by atoms with E-state index in [-0.39, 0.29) is 5.97 Å². The molecule has 126 valence electrons. The average molecular weight is 316 g/mol. The van der Waals surface area contributed by atoms with Crippen molar-refractivity contribution in [2.45, 2.75) is 58.4 Å². The summed E-state index contributed by atoms with van der Waals surface area (Å²) in [5.41, 5.74) is 4.23. The highest BCUT2D eigenvalue weighted by Gasteiger charge is 2.30. The number of piperidine rings is 1. The Hall–Kier alpha value is -1.42. The van der Waals surface area contributed by atoms with Crippen LogP contribution >= 0.6 is 0 Å². The van der Waals surface area contributed by atoms with Crippen LogP contribution in [0.4, 0.5) is 0 Å². The fourth-order valence-corrected chi connectivity index (χ4v) is 4.15. The molecular formula is C19H28N2O2. The van der Waals surface area contributed by atoms with Gasteiger partial charge in [-0.25, -0.2) is 9.78 Å². The maximum atomic E-state index is 12.0. The van der Waals surface area contributed by atoms with Gasteiger partial charge in [-0.1, -0.05) is 13.8 Å². The molecule has 4 heteroatoms. The van der Waals surface area contributed by atoms with Crippen molar-refractivity contribution < 1.29 is 9.53 Å². The Balaban J connectivity index is 1.98. The molecule has 2 unspecified atom stereocenters. The van der Waals surface area contributed by atoms with E-state index in [1.165, 1.54) is 31.1 Å². The summed E-state index contributed by atoms with van der Waals surface area (Å²) >= 11 is 0. The van der Waals surface area contributed by atoms with Gasteiger partial charge in [0.15, 0.2) is 0 Å². The normalized spacial score (nSPS) is 25.9. The monoisotopic (exact) mass is 316 g/mol. The standard InChI is InChI=1S/C19H28N2O2/c1-12-6-5-9-21(11-12)14(3)16-10-17(19(22)23-4)20-18-13(2)7-8-15(16)18/h10,12-14H,5-9,11H2,1-4H3/t12-,13?,14?/m0/s1. The number of carbonyl (C=O) groups is 1. The molecule has 1 aliphatic heterocycles. The van der Waals surface area contributed by atoms with Crippen LogP contribution in [0.1, 0.15) is 79.3 Å². The summed E-state index contributed by atoms with van der Waals surface area (Å²) in [5.74, 6) is 0.855. The summed E-state index contributed by atoms with van der Waals surface area (Å²) in [7, 11) is 1.43. The third kappa shape index (κ3) is 3.14. The van der Waals surface area contributed by atoms with Gasteiger partial charge in [0, 0.05) is 18.3 Å². The molecule has 1 aromatic heterocycles. The molecule has 0 amide bonds. The molecule has 1 fully saturated rings. The molecule has 1 aliphatic carbocycles. The lowest BCUT2D eigenvalue weighted by Gasteiger charge is -2.36. The zero-order valence-corrected chi connectivity index (χ0v) is 14.8. The Morgan fingerprint density at radius 1 is 1.39 bits per heavy atom. The summed E-state index contributed by atoms with van der Waals surface area (Å²) in [6.07, 6.45) is 4.79. The van der Waals surface area contributed by atoms with Gasteiger partial charge in [-0.3, -0.25) is 4.90 Å². The SMILES string of the molecule is COC(=O)c1cc(C(C)N2CCC[C@H](C)C2)c2c(n1)C(C)CC2. The largest absolute Gasteiger partial charge is 0.464 e. The van der Waals surface area contributed by atoms with E-state index in [1.54, 1.807) is 0 Å². The fourth-order valence-electron chi connectivity index (χ4n) is 4.15. The molecule has 0 saturated carbocycles.